The molecule has 0 aliphatic heterocycles. The van der Waals surface area contributed by atoms with Crippen molar-refractivity contribution in [2.24, 2.45) is 0 Å². The molecular weight excluding hydrogens is 408 g/mol. The number of carboxylic acids is 1. The Morgan fingerprint density at radius 1 is 0.909 bits per heavy atom. The van der Waals surface area contributed by atoms with Crippen LogP contribution in [-0.4, -0.2) is 16.2 Å². The first-order valence-electron chi connectivity index (χ1n) is 11.4. The van der Waals surface area contributed by atoms with Crippen molar-refractivity contribution in [3.05, 3.63) is 88.5 Å². The Balaban J connectivity index is 1.80. The third kappa shape index (κ3) is 4.52. The Morgan fingerprint density at radius 2 is 1.61 bits per heavy atom. The van der Waals surface area contributed by atoms with Crippen LogP contribution in [0.5, 0.6) is 5.75 Å². The van der Waals surface area contributed by atoms with Crippen molar-refractivity contribution in [2.45, 2.75) is 57.8 Å². The summed E-state index contributed by atoms with van der Waals surface area (Å²) in [6.07, 6.45) is 2.82. The van der Waals surface area contributed by atoms with Gasteiger partial charge < -0.3 is 10.2 Å². The first-order chi connectivity index (χ1) is 15.6. The Kier molecular flexibility index (Phi) is 5.80. The number of fused-ring (bicyclic) bond motifs is 1. The van der Waals surface area contributed by atoms with Gasteiger partial charge in [0.1, 0.15) is 5.75 Å². The van der Waals surface area contributed by atoms with Crippen molar-refractivity contribution in [1.82, 2.24) is 0 Å². The van der Waals surface area contributed by atoms with Crippen molar-refractivity contribution >= 4 is 5.97 Å². The molecule has 0 fully saturated rings. The van der Waals surface area contributed by atoms with Gasteiger partial charge in [-0.15, -0.1) is 0 Å². The largest absolute Gasteiger partial charge is 0.507 e. The van der Waals surface area contributed by atoms with E-state index in [1.54, 1.807) is 6.07 Å². The number of phenols is 1. The molecule has 0 saturated carbocycles. The maximum atomic E-state index is 11.1. The van der Waals surface area contributed by atoms with E-state index in [1.165, 1.54) is 39.9 Å². The van der Waals surface area contributed by atoms with E-state index in [9.17, 15) is 9.90 Å². The summed E-state index contributed by atoms with van der Waals surface area (Å²) in [5.41, 5.74) is 7.02. The second-order valence-electron chi connectivity index (χ2n) is 10.2. The molecule has 3 heteroatoms. The minimum atomic E-state index is -1.07. The fraction of sp³-hybridized carbons (Fsp3) is 0.300. The van der Waals surface area contributed by atoms with E-state index in [4.69, 9.17) is 5.11 Å². The van der Waals surface area contributed by atoms with Crippen LogP contribution in [0.3, 0.4) is 0 Å². The van der Waals surface area contributed by atoms with Crippen LogP contribution in [0, 0.1) is 11.8 Å². The number of phenolic OH excluding ortho intramolecular Hbond substituents is 1. The van der Waals surface area contributed by atoms with Gasteiger partial charge in [-0.3, -0.25) is 0 Å². The Labute approximate surface area is 196 Å². The lowest BCUT2D eigenvalue weighted by molar-refractivity contribution is 0.0696. The number of benzene rings is 3. The molecular formula is C30H30O3. The third-order valence-corrected chi connectivity index (χ3v) is 6.85. The van der Waals surface area contributed by atoms with Gasteiger partial charge in [-0.25, -0.2) is 4.79 Å². The normalized spacial score (nSPS) is 15.8. The molecule has 0 amide bonds. The predicted octanol–water partition coefficient (Wildman–Crippen LogP) is 6.70. The van der Waals surface area contributed by atoms with Crippen molar-refractivity contribution in [2.75, 3.05) is 0 Å². The molecule has 0 radical (unpaired) electrons. The Morgan fingerprint density at radius 3 is 2.27 bits per heavy atom. The monoisotopic (exact) mass is 438 g/mol. The van der Waals surface area contributed by atoms with E-state index in [0.29, 0.717) is 12.0 Å². The lowest BCUT2D eigenvalue weighted by atomic mass is 9.61. The summed E-state index contributed by atoms with van der Waals surface area (Å²) in [6.45, 7) is 9.29. The third-order valence-electron chi connectivity index (χ3n) is 6.85. The highest BCUT2D eigenvalue weighted by Gasteiger charge is 2.38. The van der Waals surface area contributed by atoms with Crippen LogP contribution >= 0.6 is 0 Å². The summed E-state index contributed by atoms with van der Waals surface area (Å²) in [7, 11) is 0. The van der Waals surface area contributed by atoms with Gasteiger partial charge in [-0.05, 0) is 75.8 Å². The summed E-state index contributed by atoms with van der Waals surface area (Å²) < 4.78 is 0. The number of carboxylic acid groups (broad SMARTS) is 1. The molecule has 3 nitrogen and oxygen atoms in total. The van der Waals surface area contributed by atoms with Crippen LogP contribution in [0.1, 0.15) is 73.1 Å². The second-order valence-corrected chi connectivity index (χ2v) is 10.2. The lowest BCUT2D eigenvalue weighted by Gasteiger charge is -2.43. The molecule has 168 valence electrons. The zero-order valence-electron chi connectivity index (χ0n) is 19.7. The molecule has 3 aromatic carbocycles. The molecule has 1 aliphatic rings. The Hall–Kier alpha value is -3.51. The average molecular weight is 439 g/mol. The summed E-state index contributed by atoms with van der Waals surface area (Å²) >= 11 is 0. The molecule has 33 heavy (non-hydrogen) atoms. The Bertz CT molecular complexity index is 1270. The van der Waals surface area contributed by atoms with Crippen molar-refractivity contribution in [3.8, 4) is 28.7 Å². The molecule has 0 aromatic heterocycles. The van der Waals surface area contributed by atoms with E-state index in [0.717, 1.165) is 12.8 Å². The van der Waals surface area contributed by atoms with Crippen LogP contribution < -0.4 is 0 Å². The van der Waals surface area contributed by atoms with E-state index >= 15 is 0 Å². The summed E-state index contributed by atoms with van der Waals surface area (Å²) in [5.74, 6) is 5.11. The number of aromatic carboxylic acids is 1. The summed E-state index contributed by atoms with van der Waals surface area (Å²) in [4.78, 5) is 11.1. The molecule has 0 saturated heterocycles. The van der Waals surface area contributed by atoms with Crippen molar-refractivity contribution < 1.29 is 15.0 Å². The van der Waals surface area contributed by atoms with Gasteiger partial charge >= 0.3 is 5.97 Å². The smallest absolute Gasteiger partial charge is 0.335 e. The molecule has 0 bridgehead atoms. The van der Waals surface area contributed by atoms with Crippen LogP contribution in [0.4, 0.5) is 0 Å². The van der Waals surface area contributed by atoms with Gasteiger partial charge in [0, 0.05) is 6.42 Å². The highest BCUT2D eigenvalue weighted by Crippen LogP contribution is 2.48. The highest BCUT2D eigenvalue weighted by molar-refractivity contribution is 5.88. The number of hydrogen-bond acceptors (Lipinski definition) is 2. The molecule has 0 unspecified atom stereocenters. The van der Waals surface area contributed by atoms with E-state index < -0.39 is 5.97 Å². The predicted molar refractivity (Wildman–Crippen MR) is 133 cm³/mol. The number of carbonyl (C=O) groups is 1. The zero-order chi connectivity index (χ0) is 23.8. The first kappa shape index (κ1) is 22.7. The van der Waals surface area contributed by atoms with Gasteiger partial charge in [-0.1, -0.05) is 75.9 Å². The maximum absolute atomic E-state index is 11.1. The van der Waals surface area contributed by atoms with Gasteiger partial charge in [0.15, 0.2) is 0 Å². The van der Waals surface area contributed by atoms with Crippen LogP contribution in [0.25, 0.3) is 11.1 Å². The minimum absolute atomic E-state index is 0.0478. The van der Waals surface area contributed by atoms with Gasteiger partial charge in [0.25, 0.3) is 0 Å². The van der Waals surface area contributed by atoms with E-state index in [2.05, 4.69) is 75.9 Å². The number of rotatable bonds is 3. The molecule has 3 aromatic rings. The topological polar surface area (TPSA) is 57.5 Å². The molecule has 0 heterocycles. The van der Waals surface area contributed by atoms with Crippen LogP contribution in [0.2, 0.25) is 0 Å². The zero-order valence-corrected chi connectivity index (χ0v) is 19.7. The van der Waals surface area contributed by atoms with Crippen LogP contribution in [-0.2, 0) is 17.3 Å². The quantitative estimate of drug-likeness (QED) is 0.447. The highest BCUT2D eigenvalue weighted by atomic mass is 16.4. The SMILES string of the molecule is CC1(C)CCC(C)(C)c2c(CC#Cc3ccc(C(=O)O)cc3O)cc(-c3ccccc3)cc21. The molecule has 1 aliphatic carbocycles. The molecule has 4 rings (SSSR count). The second kappa shape index (κ2) is 8.45. The van der Waals surface area contributed by atoms with Gasteiger partial charge in [0.05, 0.1) is 11.1 Å². The van der Waals surface area contributed by atoms with Crippen molar-refractivity contribution in [3.63, 3.8) is 0 Å². The van der Waals surface area contributed by atoms with Gasteiger partial charge in [-0.2, -0.15) is 0 Å². The first-order valence-corrected chi connectivity index (χ1v) is 11.4. The summed E-state index contributed by atoms with van der Waals surface area (Å²) in [5, 5.41) is 19.3. The lowest BCUT2D eigenvalue weighted by Crippen LogP contribution is -2.35. The van der Waals surface area contributed by atoms with E-state index in [1.807, 2.05) is 6.07 Å². The molecule has 0 spiro atoms. The minimum Gasteiger partial charge on any atom is -0.507 e. The number of hydrogen-bond donors (Lipinski definition) is 2. The van der Waals surface area contributed by atoms with Crippen molar-refractivity contribution in [1.29, 1.82) is 0 Å². The fourth-order valence-corrected chi connectivity index (χ4v) is 4.86. The van der Waals surface area contributed by atoms with E-state index in [-0.39, 0.29) is 22.1 Å². The summed E-state index contributed by atoms with van der Waals surface area (Å²) in [6, 6.07) is 19.3. The maximum Gasteiger partial charge on any atom is 0.335 e. The van der Waals surface area contributed by atoms with Crippen LogP contribution in [0.15, 0.2) is 60.7 Å². The fourth-order valence-electron chi connectivity index (χ4n) is 4.86. The standard InChI is InChI=1S/C30H30O3/c1-29(2)15-16-30(3,4)27-22(17-24(18-25(27)29)20-9-6-5-7-10-20)12-8-11-21-13-14-23(28(32)33)19-26(21)31/h5-7,9-10,13-14,17-19,31H,12,15-16H2,1-4H3,(H,32,33). The average Bonchev–Trinajstić information content (AvgIpc) is 2.78. The van der Waals surface area contributed by atoms with Gasteiger partial charge in [0.2, 0.25) is 0 Å². The molecule has 0 atom stereocenters. The number of aromatic hydroxyl groups is 1. The molecule has 2 N–H and O–H groups in total.